The molecule has 1 aromatic rings. The number of hydrogen-bond donors (Lipinski definition) is 0. The highest BCUT2D eigenvalue weighted by atomic mass is 32.2. The molecule has 0 bridgehead atoms. The van der Waals surface area contributed by atoms with Crippen molar-refractivity contribution in [2.45, 2.75) is 13.3 Å². The molecule has 0 radical (unpaired) electrons. The SMILES string of the molecule is CCOc1ccc(/C=C2\SC(=S)N(CCC(=O)N3CCN(C)CC3)C2=O)cc1. The molecule has 0 aromatic heterocycles. The van der Waals surface area contributed by atoms with Crippen molar-refractivity contribution in [1.82, 2.24) is 14.7 Å². The molecular formula is C20H25N3O3S2. The number of benzene rings is 1. The highest BCUT2D eigenvalue weighted by molar-refractivity contribution is 8.26. The number of thioether (sulfide) groups is 1. The minimum atomic E-state index is -0.130. The number of hydrogen-bond acceptors (Lipinski definition) is 6. The Kier molecular flexibility index (Phi) is 7.09. The first-order valence-corrected chi connectivity index (χ1v) is 10.6. The van der Waals surface area contributed by atoms with Crippen LogP contribution in [0.2, 0.25) is 0 Å². The van der Waals surface area contributed by atoms with Gasteiger partial charge >= 0.3 is 0 Å². The topological polar surface area (TPSA) is 53.1 Å². The zero-order chi connectivity index (χ0) is 20.1. The molecule has 0 saturated carbocycles. The average Bonchev–Trinajstić information content (AvgIpc) is 2.95. The molecule has 2 aliphatic heterocycles. The highest BCUT2D eigenvalue weighted by Crippen LogP contribution is 2.32. The van der Waals surface area contributed by atoms with Crippen LogP contribution in [0.15, 0.2) is 29.2 Å². The summed E-state index contributed by atoms with van der Waals surface area (Å²) in [6.07, 6.45) is 2.13. The lowest BCUT2D eigenvalue weighted by molar-refractivity contribution is -0.133. The molecule has 0 N–H and O–H groups in total. The van der Waals surface area contributed by atoms with Crippen molar-refractivity contribution in [3.8, 4) is 5.75 Å². The van der Waals surface area contributed by atoms with Gasteiger partial charge in [0, 0.05) is 39.1 Å². The van der Waals surface area contributed by atoms with E-state index in [-0.39, 0.29) is 11.8 Å². The van der Waals surface area contributed by atoms with E-state index in [2.05, 4.69) is 11.9 Å². The van der Waals surface area contributed by atoms with Gasteiger partial charge in [0.05, 0.1) is 11.5 Å². The van der Waals surface area contributed by atoms with E-state index >= 15 is 0 Å². The van der Waals surface area contributed by atoms with Crippen LogP contribution in [0.25, 0.3) is 6.08 Å². The van der Waals surface area contributed by atoms with Crippen LogP contribution in [0.4, 0.5) is 0 Å². The number of amides is 2. The lowest BCUT2D eigenvalue weighted by Crippen LogP contribution is -2.47. The Labute approximate surface area is 175 Å². The minimum Gasteiger partial charge on any atom is -0.494 e. The Morgan fingerprint density at radius 1 is 1.21 bits per heavy atom. The number of carbonyl (C=O) groups excluding carboxylic acids is 2. The number of carbonyl (C=O) groups is 2. The molecule has 1 aromatic carbocycles. The van der Waals surface area contributed by atoms with Crippen LogP contribution in [0.5, 0.6) is 5.75 Å². The Hall–Kier alpha value is -1.90. The molecular weight excluding hydrogens is 394 g/mol. The van der Waals surface area contributed by atoms with Gasteiger partial charge in [-0.25, -0.2) is 0 Å². The maximum absolute atomic E-state index is 12.7. The van der Waals surface area contributed by atoms with Crippen molar-refractivity contribution in [2.24, 2.45) is 0 Å². The van der Waals surface area contributed by atoms with E-state index in [0.717, 1.165) is 37.5 Å². The average molecular weight is 420 g/mol. The molecule has 8 heteroatoms. The summed E-state index contributed by atoms with van der Waals surface area (Å²) in [4.78, 5) is 31.3. The summed E-state index contributed by atoms with van der Waals surface area (Å²) in [5.74, 6) is 0.752. The van der Waals surface area contributed by atoms with Gasteiger partial charge < -0.3 is 14.5 Å². The Bertz CT molecular complexity index is 771. The monoisotopic (exact) mass is 419 g/mol. The third-order valence-electron chi connectivity index (χ3n) is 4.77. The van der Waals surface area contributed by atoms with Crippen molar-refractivity contribution < 1.29 is 14.3 Å². The summed E-state index contributed by atoms with van der Waals surface area (Å²) < 4.78 is 5.94. The number of nitrogens with zero attached hydrogens (tertiary/aromatic N) is 3. The molecule has 2 aliphatic rings. The summed E-state index contributed by atoms with van der Waals surface area (Å²) in [7, 11) is 2.05. The molecule has 150 valence electrons. The molecule has 3 rings (SSSR count). The van der Waals surface area contributed by atoms with Gasteiger partial charge in [0.2, 0.25) is 5.91 Å². The van der Waals surface area contributed by atoms with Gasteiger partial charge in [0.15, 0.2) is 0 Å². The van der Waals surface area contributed by atoms with Crippen LogP contribution in [0, 0.1) is 0 Å². The van der Waals surface area contributed by atoms with E-state index in [1.807, 2.05) is 42.2 Å². The first kappa shape index (κ1) is 20.8. The fraction of sp³-hybridized carbons (Fsp3) is 0.450. The summed E-state index contributed by atoms with van der Waals surface area (Å²) >= 11 is 6.65. The lowest BCUT2D eigenvalue weighted by atomic mass is 10.2. The maximum Gasteiger partial charge on any atom is 0.266 e. The van der Waals surface area contributed by atoms with Crippen LogP contribution in [-0.2, 0) is 9.59 Å². The third-order valence-corrected chi connectivity index (χ3v) is 6.15. The van der Waals surface area contributed by atoms with Crippen molar-refractivity contribution in [2.75, 3.05) is 46.4 Å². The predicted molar refractivity (Wildman–Crippen MR) is 116 cm³/mol. The molecule has 0 aliphatic carbocycles. The second-order valence-electron chi connectivity index (χ2n) is 6.77. The van der Waals surface area contributed by atoms with E-state index in [0.29, 0.717) is 28.8 Å². The van der Waals surface area contributed by atoms with E-state index in [9.17, 15) is 9.59 Å². The largest absolute Gasteiger partial charge is 0.494 e. The Morgan fingerprint density at radius 2 is 1.89 bits per heavy atom. The van der Waals surface area contributed by atoms with Crippen LogP contribution >= 0.6 is 24.0 Å². The molecule has 0 unspecified atom stereocenters. The van der Waals surface area contributed by atoms with Crippen LogP contribution in [0.3, 0.4) is 0 Å². The molecule has 0 spiro atoms. The van der Waals surface area contributed by atoms with Gasteiger partial charge in [-0.3, -0.25) is 14.5 Å². The summed E-state index contributed by atoms with van der Waals surface area (Å²) in [5, 5.41) is 0. The number of thiocarbonyl (C=S) groups is 1. The second kappa shape index (κ2) is 9.54. The summed E-state index contributed by atoms with van der Waals surface area (Å²) in [6, 6.07) is 7.58. The van der Waals surface area contributed by atoms with Gasteiger partial charge in [0.1, 0.15) is 10.1 Å². The van der Waals surface area contributed by atoms with E-state index in [1.54, 1.807) is 0 Å². The van der Waals surface area contributed by atoms with Gasteiger partial charge in [-0.2, -0.15) is 0 Å². The first-order valence-electron chi connectivity index (χ1n) is 9.42. The predicted octanol–water partition coefficient (Wildman–Crippen LogP) is 2.45. The summed E-state index contributed by atoms with van der Waals surface area (Å²) in [5.41, 5.74) is 0.914. The van der Waals surface area contributed by atoms with Gasteiger partial charge in [-0.05, 0) is 37.7 Å². The molecule has 2 amide bonds. The number of piperazine rings is 1. The van der Waals surface area contributed by atoms with Crippen molar-refractivity contribution in [3.05, 3.63) is 34.7 Å². The molecule has 28 heavy (non-hydrogen) atoms. The van der Waals surface area contributed by atoms with Crippen LogP contribution < -0.4 is 4.74 Å². The molecule has 2 saturated heterocycles. The van der Waals surface area contributed by atoms with E-state index < -0.39 is 0 Å². The normalized spacial score (nSPS) is 19.6. The van der Waals surface area contributed by atoms with Crippen LogP contribution in [0.1, 0.15) is 18.9 Å². The zero-order valence-electron chi connectivity index (χ0n) is 16.2. The third kappa shape index (κ3) is 5.12. The van der Waals surface area contributed by atoms with Crippen molar-refractivity contribution in [3.63, 3.8) is 0 Å². The lowest BCUT2D eigenvalue weighted by Gasteiger charge is -2.32. The molecule has 2 heterocycles. The van der Waals surface area contributed by atoms with Crippen molar-refractivity contribution in [1.29, 1.82) is 0 Å². The number of ether oxygens (including phenoxy) is 1. The minimum absolute atomic E-state index is 0.0812. The molecule has 0 atom stereocenters. The quantitative estimate of drug-likeness (QED) is 0.522. The van der Waals surface area contributed by atoms with Crippen molar-refractivity contribution >= 4 is 46.2 Å². The zero-order valence-corrected chi connectivity index (χ0v) is 17.9. The van der Waals surface area contributed by atoms with E-state index in [4.69, 9.17) is 17.0 Å². The first-order chi connectivity index (χ1) is 13.5. The Morgan fingerprint density at radius 3 is 2.54 bits per heavy atom. The van der Waals surface area contributed by atoms with E-state index in [1.165, 1.54) is 16.7 Å². The van der Waals surface area contributed by atoms with Gasteiger partial charge in [0.25, 0.3) is 5.91 Å². The molecule has 2 fully saturated rings. The number of rotatable bonds is 6. The fourth-order valence-electron chi connectivity index (χ4n) is 3.09. The fourth-order valence-corrected chi connectivity index (χ4v) is 4.40. The number of likely N-dealkylation sites (N-methyl/N-ethyl adjacent to an activating group) is 1. The summed E-state index contributed by atoms with van der Waals surface area (Å²) in [6.45, 7) is 6.14. The van der Waals surface area contributed by atoms with Gasteiger partial charge in [-0.1, -0.05) is 36.1 Å². The smallest absolute Gasteiger partial charge is 0.266 e. The van der Waals surface area contributed by atoms with Crippen LogP contribution in [-0.4, -0.2) is 77.2 Å². The van der Waals surface area contributed by atoms with Gasteiger partial charge in [-0.15, -0.1) is 0 Å². The maximum atomic E-state index is 12.7. The second-order valence-corrected chi connectivity index (χ2v) is 8.45. The standard InChI is InChI=1S/C20H25N3O3S2/c1-3-26-16-6-4-15(5-7-16)14-17-19(25)23(20(27)28-17)9-8-18(24)22-12-10-21(2)11-13-22/h4-7,14H,3,8-13H2,1-2H3/b17-14-. The highest BCUT2D eigenvalue weighted by Gasteiger charge is 2.32. The molecule has 6 nitrogen and oxygen atoms in total. The Balaban J connectivity index is 1.57.